The molecule has 0 aliphatic heterocycles. The highest BCUT2D eigenvalue weighted by atomic mass is 127. The van der Waals surface area contributed by atoms with Crippen LogP contribution in [0.25, 0.3) is 0 Å². The summed E-state index contributed by atoms with van der Waals surface area (Å²) in [4.78, 5) is 4.30. The number of hydrogen-bond donors (Lipinski definition) is 2. The van der Waals surface area contributed by atoms with Crippen LogP contribution in [0.15, 0.2) is 53.5 Å². The monoisotopic (exact) mass is 497 g/mol. The molecule has 2 aromatic carbocycles. The molecule has 0 aliphatic rings. The minimum Gasteiger partial charge on any atom is -0.379 e. The van der Waals surface area contributed by atoms with Gasteiger partial charge in [0, 0.05) is 26.7 Å². The molecule has 6 heteroatoms. The molecule has 0 aromatic heterocycles. The average Bonchev–Trinajstić information content (AvgIpc) is 2.68. The first-order chi connectivity index (χ1) is 13.2. The number of nitrogens with one attached hydrogen (secondary N) is 2. The number of rotatable bonds is 10. The van der Waals surface area contributed by atoms with Gasteiger partial charge in [-0.2, -0.15) is 0 Å². The van der Waals surface area contributed by atoms with Crippen LogP contribution in [0.5, 0.6) is 0 Å². The molecule has 0 bridgehead atoms. The summed E-state index contributed by atoms with van der Waals surface area (Å²) in [6.45, 7) is 8.12. The number of aliphatic imine (C=N–C) groups is 1. The van der Waals surface area contributed by atoms with Crippen molar-refractivity contribution in [1.29, 1.82) is 0 Å². The van der Waals surface area contributed by atoms with Gasteiger partial charge >= 0.3 is 0 Å². The molecular weight excluding hydrogens is 465 g/mol. The first-order valence-electron chi connectivity index (χ1n) is 9.44. The first-order valence-corrected chi connectivity index (χ1v) is 9.44. The Hall–Kier alpha value is -1.64. The SMILES string of the molecule is CCOCCOCc1cccc(CNC(=NC)NCc2cccc(C)c2)c1.I. The normalized spacial score (nSPS) is 11.0. The van der Waals surface area contributed by atoms with Gasteiger partial charge in [-0.15, -0.1) is 24.0 Å². The van der Waals surface area contributed by atoms with E-state index in [2.05, 4.69) is 71.1 Å². The molecule has 28 heavy (non-hydrogen) atoms. The largest absolute Gasteiger partial charge is 0.379 e. The van der Waals surface area contributed by atoms with Crippen molar-refractivity contribution in [3.63, 3.8) is 0 Å². The third-order valence-corrected chi connectivity index (χ3v) is 4.06. The molecule has 2 N–H and O–H groups in total. The van der Waals surface area contributed by atoms with Gasteiger partial charge in [-0.25, -0.2) is 0 Å². The smallest absolute Gasteiger partial charge is 0.191 e. The van der Waals surface area contributed by atoms with Crippen molar-refractivity contribution in [3.05, 3.63) is 70.8 Å². The van der Waals surface area contributed by atoms with E-state index in [-0.39, 0.29) is 24.0 Å². The lowest BCUT2D eigenvalue weighted by Crippen LogP contribution is -2.36. The van der Waals surface area contributed by atoms with Gasteiger partial charge in [0.15, 0.2) is 5.96 Å². The van der Waals surface area contributed by atoms with Gasteiger partial charge in [-0.1, -0.05) is 54.1 Å². The van der Waals surface area contributed by atoms with E-state index in [9.17, 15) is 0 Å². The third-order valence-electron chi connectivity index (χ3n) is 4.06. The van der Waals surface area contributed by atoms with Crippen LogP contribution in [0.4, 0.5) is 0 Å². The fourth-order valence-electron chi connectivity index (χ4n) is 2.70. The van der Waals surface area contributed by atoms with Crippen molar-refractivity contribution < 1.29 is 9.47 Å². The molecule has 0 spiro atoms. The lowest BCUT2D eigenvalue weighted by Gasteiger charge is -2.13. The quantitative estimate of drug-likeness (QED) is 0.225. The summed E-state index contributed by atoms with van der Waals surface area (Å²) in [6, 6.07) is 16.9. The van der Waals surface area contributed by atoms with E-state index in [1.54, 1.807) is 7.05 Å². The van der Waals surface area contributed by atoms with Gasteiger partial charge < -0.3 is 20.1 Å². The summed E-state index contributed by atoms with van der Waals surface area (Å²) in [7, 11) is 1.79. The van der Waals surface area contributed by atoms with Gasteiger partial charge in [0.1, 0.15) is 0 Å². The predicted octanol–water partition coefficient (Wildman–Crippen LogP) is 4.03. The zero-order chi connectivity index (χ0) is 19.3. The van der Waals surface area contributed by atoms with Gasteiger partial charge in [0.05, 0.1) is 19.8 Å². The van der Waals surface area contributed by atoms with Gasteiger partial charge in [-0.05, 0) is 30.5 Å². The maximum atomic E-state index is 5.64. The van der Waals surface area contributed by atoms with Crippen LogP contribution in [-0.4, -0.2) is 32.8 Å². The van der Waals surface area contributed by atoms with E-state index in [4.69, 9.17) is 9.47 Å². The van der Waals surface area contributed by atoms with Crippen molar-refractivity contribution in [2.45, 2.75) is 33.5 Å². The van der Waals surface area contributed by atoms with Crippen molar-refractivity contribution in [2.75, 3.05) is 26.9 Å². The van der Waals surface area contributed by atoms with E-state index in [0.717, 1.165) is 24.7 Å². The molecule has 0 heterocycles. The van der Waals surface area contributed by atoms with Crippen LogP contribution in [0.1, 0.15) is 29.2 Å². The van der Waals surface area contributed by atoms with Crippen molar-refractivity contribution in [3.8, 4) is 0 Å². The number of hydrogen-bond acceptors (Lipinski definition) is 3. The second-order valence-corrected chi connectivity index (χ2v) is 6.34. The number of guanidine groups is 1. The highest BCUT2D eigenvalue weighted by Crippen LogP contribution is 2.07. The van der Waals surface area contributed by atoms with E-state index in [0.29, 0.717) is 26.4 Å². The van der Waals surface area contributed by atoms with Crippen LogP contribution in [-0.2, 0) is 29.2 Å². The van der Waals surface area contributed by atoms with Crippen LogP contribution >= 0.6 is 24.0 Å². The third kappa shape index (κ3) is 9.52. The zero-order valence-electron chi connectivity index (χ0n) is 17.0. The van der Waals surface area contributed by atoms with E-state index in [1.807, 2.05) is 6.92 Å². The van der Waals surface area contributed by atoms with E-state index in [1.165, 1.54) is 16.7 Å². The predicted molar refractivity (Wildman–Crippen MR) is 126 cm³/mol. The summed E-state index contributed by atoms with van der Waals surface area (Å²) in [5, 5.41) is 6.71. The summed E-state index contributed by atoms with van der Waals surface area (Å²) < 4.78 is 10.9. The van der Waals surface area contributed by atoms with Crippen molar-refractivity contribution in [1.82, 2.24) is 10.6 Å². The van der Waals surface area contributed by atoms with E-state index < -0.39 is 0 Å². The number of nitrogens with zero attached hydrogens (tertiary/aromatic N) is 1. The van der Waals surface area contributed by atoms with Gasteiger partial charge in [0.25, 0.3) is 0 Å². The van der Waals surface area contributed by atoms with Crippen LogP contribution in [0, 0.1) is 6.92 Å². The molecule has 2 rings (SSSR count). The maximum Gasteiger partial charge on any atom is 0.191 e. The van der Waals surface area contributed by atoms with Crippen LogP contribution in [0.2, 0.25) is 0 Å². The molecule has 0 amide bonds. The summed E-state index contributed by atoms with van der Waals surface area (Å²) in [6.07, 6.45) is 0. The fraction of sp³-hybridized carbons (Fsp3) is 0.409. The number of benzene rings is 2. The molecular formula is C22H32IN3O2. The molecule has 2 aromatic rings. The Bertz CT molecular complexity index is 722. The first kappa shape index (κ1) is 24.4. The summed E-state index contributed by atoms with van der Waals surface area (Å²) >= 11 is 0. The lowest BCUT2D eigenvalue weighted by atomic mass is 10.1. The second kappa shape index (κ2) is 14.4. The van der Waals surface area contributed by atoms with Crippen LogP contribution < -0.4 is 10.6 Å². The maximum absolute atomic E-state index is 5.64. The molecule has 0 saturated heterocycles. The minimum atomic E-state index is 0. The molecule has 0 radical (unpaired) electrons. The number of halogens is 1. The van der Waals surface area contributed by atoms with Gasteiger partial charge in [0.2, 0.25) is 0 Å². The zero-order valence-corrected chi connectivity index (χ0v) is 19.4. The number of ether oxygens (including phenoxy) is 2. The highest BCUT2D eigenvalue weighted by Gasteiger charge is 2.01. The molecule has 5 nitrogen and oxygen atoms in total. The Balaban J connectivity index is 0.00000392. The number of aryl methyl sites for hydroxylation is 1. The Morgan fingerprint density at radius 1 is 0.893 bits per heavy atom. The minimum absolute atomic E-state index is 0. The summed E-state index contributed by atoms with van der Waals surface area (Å²) in [5.41, 5.74) is 4.86. The Labute approximate surface area is 186 Å². The highest BCUT2D eigenvalue weighted by molar-refractivity contribution is 14.0. The molecule has 0 unspecified atom stereocenters. The Morgan fingerprint density at radius 2 is 1.50 bits per heavy atom. The van der Waals surface area contributed by atoms with Crippen molar-refractivity contribution in [2.24, 2.45) is 4.99 Å². The molecule has 0 fully saturated rings. The molecule has 0 aliphatic carbocycles. The standard InChI is InChI=1S/C22H31N3O2.HI/c1-4-26-11-12-27-17-21-10-6-9-20(14-21)16-25-22(23-3)24-15-19-8-5-7-18(2)13-19;/h5-10,13-14H,4,11-12,15-17H2,1-3H3,(H2,23,24,25);1H. The van der Waals surface area contributed by atoms with Crippen LogP contribution in [0.3, 0.4) is 0 Å². The lowest BCUT2D eigenvalue weighted by molar-refractivity contribution is 0.0453. The molecule has 154 valence electrons. The Morgan fingerprint density at radius 3 is 2.14 bits per heavy atom. The van der Waals surface area contributed by atoms with E-state index >= 15 is 0 Å². The topological polar surface area (TPSA) is 54.9 Å². The molecule has 0 atom stereocenters. The summed E-state index contributed by atoms with van der Waals surface area (Å²) in [5.74, 6) is 0.787. The molecule has 0 saturated carbocycles. The van der Waals surface area contributed by atoms with Crippen molar-refractivity contribution >= 4 is 29.9 Å². The van der Waals surface area contributed by atoms with Gasteiger partial charge in [-0.3, -0.25) is 4.99 Å². The Kier molecular flexibility index (Phi) is 12.5. The average molecular weight is 497 g/mol. The fourth-order valence-corrected chi connectivity index (χ4v) is 2.70. The second-order valence-electron chi connectivity index (χ2n) is 6.34.